The minimum Gasteiger partial charge on any atom is -0.327 e. The first-order valence-electron chi connectivity index (χ1n) is 6.09. The summed E-state index contributed by atoms with van der Waals surface area (Å²) in [6.07, 6.45) is 0.400. The molecule has 0 spiro atoms. The molecule has 0 amide bonds. The molecule has 106 valence electrons. The molecule has 5 heteroatoms. The Hall–Kier alpha value is -1.33. The minimum atomic E-state index is -0.900. The highest BCUT2D eigenvalue weighted by molar-refractivity contribution is 9.10. The normalized spacial score (nSPS) is 12.4. The second-order valence-electron chi connectivity index (χ2n) is 4.62. The van der Waals surface area contributed by atoms with Crippen LogP contribution in [0.4, 0.5) is 13.2 Å². The number of hydrogen-bond acceptors (Lipinski definition) is 1. The fraction of sp³-hybridized carbons (Fsp3) is 0.200. The van der Waals surface area contributed by atoms with Crippen LogP contribution in [0.15, 0.2) is 40.9 Å². The van der Waals surface area contributed by atoms with E-state index in [4.69, 9.17) is 5.73 Å². The van der Waals surface area contributed by atoms with Gasteiger partial charge in [-0.15, -0.1) is 0 Å². The van der Waals surface area contributed by atoms with Gasteiger partial charge in [-0.1, -0.05) is 28.1 Å². The van der Waals surface area contributed by atoms with Crippen LogP contribution in [0.5, 0.6) is 0 Å². The Kier molecular flexibility index (Phi) is 4.83. The van der Waals surface area contributed by atoms with Crippen LogP contribution in [0.25, 0.3) is 0 Å². The van der Waals surface area contributed by atoms with Crippen LogP contribution >= 0.6 is 15.9 Å². The lowest BCUT2D eigenvalue weighted by Crippen LogP contribution is -2.26. The van der Waals surface area contributed by atoms with Gasteiger partial charge < -0.3 is 5.73 Å². The summed E-state index contributed by atoms with van der Waals surface area (Å²) >= 11 is 3.26. The van der Waals surface area contributed by atoms with Crippen LogP contribution < -0.4 is 5.73 Å². The summed E-state index contributed by atoms with van der Waals surface area (Å²) in [5, 5.41) is 0. The molecule has 0 fully saturated rings. The van der Waals surface area contributed by atoms with Crippen molar-refractivity contribution in [3.05, 3.63) is 69.4 Å². The first-order valence-corrected chi connectivity index (χ1v) is 6.89. The van der Waals surface area contributed by atoms with E-state index in [2.05, 4.69) is 15.9 Å². The first-order chi connectivity index (χ1) is 9.47. The molecule has 20 heavy (non-hydrogen) atoms. The van der Waals surface area contributed by atoms with Gasteiger partial charge in [-0.2, -0.15) is 0 Å². The Morgan fingerprint density at radius 1 is 0.950 bits per heavy atom. The van der Waals surface area contributed by atoms with Crippen molar-refractivity contribution in [2.75, 3.05) is 0 Å². The smallest absolute Gasteiger partial charge is 0.162 e. The molecule has 0 aromatic heterocycles. The summed E-state index contributed by atoms with van der Waals surface area (Å²) in [5.74, 6) is -2.15. The van der Waals surface area contributed by atoms with Crippen LogP contribution in [0.3, 0.4) is 0 Å². The molecule has 1 nitrogen and oxygen atoms in total. The molecule has 0 bridgehead atoms. The molecule has 0 radical (unpaired) electrons. The highest BCUT2D eigenvalue weighted by Gasteiger charge is 2.14. The van der Waals surface area contributed by atoms with Crippen molar-refractivity contribution in [3.63, 3.8) is 0 Å². The van der Waals surface area contributed by atoms with Gasteiger partial charge in [0, 0.05) is 10.5 Å². The molecule has 1 atom stereocenters. The van der Waals surface area contributed by atoms with Gasteiger partial charge in [0.25, 0.3) is 0 Å². The van der Waals surface area contributed by atoms with Gasteiger partial charge in [0.1, 0.15) is 5.82 Å². The zero-order valence-electron chi connectivity index (χ0n) is 10.5. The van der Waals surface area contributed by atoms with E-state index in [1.165, 1.54) is 18.2 Å². The Morgan fingerprint density at radius 3 is 2.40 bits per heavy atom. The molecule has 2 rings (SSSR count). The first kappa shape index (κ1) is 15.1. The molecule has 2 N–H and O–H groups in total. The SMILES string of the molecule is NC(Cc1cc(Br)ccc1F)Cc1cccc(F)c1F. The predicted octanol–water partition coefficient (Wildman–Crippen LogP) is 3.98. The number of rotatable bonds is 4. The molecule has 0 saturated carbocycles. The summed E-state index contributed by atoms with van der Waals surface area (Å²) in [4.78, 5) is 0. The Morgan fingerprint density at radius 2 is 1.65 bits per heavy atom. The maximum atomic E-state index is 13.6. The third-order valence-corrected chi connectivity index (χ3v) is 3.50. The van der Waals surface area contributed by atoms with E-state index in [1.807, 2.05) is 0 Å². The van der Waals surface area contributed by atoms with Crippen molar-refractivity contribution in [2.24, 2.45) is 5.73 Å². The van der Waals surface area contributed by atoms with Crippen molar-refractivity contribution in [3.8, 4) is 0 Å². The molecule has 2 aromatic rings. The zero-order valence-corrected chi connectivity index (χ0v) is 12.1. The van der Waals surface area contributed by atoms with Crippen molar-refractivity contribution in [2.45, 2.75) is 18.9 Å². The number of benzene rings is 2. The van der Waals surface area contributed by atoms with E-state index in [1.54, 1.807) is 12.1 Å². The predicted molar refractivity (Wildman–Crippen MR) is 75.8 cm³/mol. The average molecular weight is 344 g/mol. The summed E-state index contributed by atoms with van der Waals surface area (Å²) in [5.41, 5.74) is 6.55. The maximum absolute atomic E-state index is 13.6. The fourth-order valence-electron chi connectivity index (χ4n) is 2.04. The molecule has 2 aromatic carbocycles. The monoisotopic (exact) mass is 343 g/mol. The lowest BCUT2D eigenvalue weighted by molar-refractivity contribution is 0.491. The van der Waals surface area contributed by atoms with Crippen molar-refractivity contribution >= 4 is 15.9 Å². The number of hydrogen-bond donors (Lipinski definition) is 1. The molecule has 0 aliphatic rings. The molecular formula is C15H13BrF3N. The van der Waals surface area contributed by atoms with Gasteiger partial charge in [0.2, 0.25) is 0 Å². The van der Waals surface area contributed by atoms with Gasteiger partial charge in [-0.05, 0) is 48.2 Å². The zero-order chi connectivity index (χ0) is 14.7. The van der Waals surface area contributed by atoms with Crippen LogP contribution in [-0.4, -0.2) is 6.04 Å². The second-order valence-corrected chi connectivity index (χ2v) is 5.53. The van der Waals surface area contributed by atoms with Crippen molar-refractivity contribution < 1.29 is 13.2 Å². The summed E-state index contributed by atoms with van der Waals surface area (Å²) in [7, 11) is 0. The summed E-state index contributed by atoms with van der Waals surface area (Å²) in [6, 6.07) is 8.05. The molecule has 0 aliphatic carbocycles. The quantitative estimate of drug-likeness (QED) is 0.892. The average Bonchev–Trinajstić information content (AvgIpc) is 2.39. The van der Waals surface area contributed by atoms with Crippen molar-refractivity contribution in [1.82, 2.24) is 0 Å². The van der Waals surface area contributed by atoms with E-state index in [0.717, 1.165) is 10.5 Å². The Bertz CT molecular complexity index is 612. The third-order valence-electron chi connectivity index (χ3n) is 3.00. The fourth-order valence-corrected chi connectivity index (χ4v) is 2.45. The van der Waals surface area contributed by atoms with E-state index in [0.29, 0.717) is 5.56 Å². The van der Waals surface area contributed by atoms with E-state index < -0.39 is 17.7 Å². The minimum absolute atomic E-state index is 0.148. The topological polar surface area (TPSA) is 26.0 Å². The summed E-state index contributed by atoms with van der Waals surface area (Å²) < 4.78 is 41.0. The van der Waals surface area contributed by atoms with Crippen LogP contribution in [0.2, 0.25) is 0 Å². The number of halogens is 4. The molecule has 1 unspecified atom stereocenters. The van der Waals surface area contributed by atoms with Gasteiger partial charge in [-0.25, -0.2) is 13.2 Å². The van der Waals surface area contributed by atoms with Crippen molar-refractivity contribution in [1.29, 1.82) is 0 Å². The van der Waals surface area contributed by atoms with Gasteiger partial charge in [0.15, 0.2) is 11.6 Å². The van der Waals surface area contributed by atoms with Crippen LogP contribution in [-0.2, 0) is 12.8 Å². The Balaban J connectivity index is 2.11. The van der Waals surface area contributed by atoms with Gasteiger partial charge in [-0.3, -0.25) is 0 Å². The van der Waals surface area contributed by atoms with E-state index >= 15 is 0 Å². The van der Waals surface area contributed by atoms with E-state index in [-0.39, 0.29) is 24.2 Å². The molecule has 0 heterocycles. The van der Waals surface area contributed by atoms with Crippen LogP contribution in [0.1, 0.15) is 11.1 Å². The van der Waals surface area contributed by atoms with Gasteiger partial charge in [0.05, 0.1) is 0 Å². The molecule has 0 aliphatic heterocycles. The maximum Gasteiger partial charge on any atom is 0.162 e. The van der Waals surface area contributed by atoms with E-state index in [9.17, 15) is 13.2 Å². The summed E-state index contributed by atoms with van der Waals surface area (Å²) in [6.45, 7) is 0. The highest BCUT2D eigenvalue weighted by Crippen LogP contribution is 2.19. The lowest BCUT2D eigenvalue weighted by Gasteiger charge is -2.13. The van der Waals surface area contributed by atoms with Gasteiger partial charge >= 0.3 is 0 Å². The molecular weight excluding hydrogens is 331 g/mol. The number of nitrogens with two attached hydrogens (primary N) is 1. The van der Waals surface area contributed by atoms with Crippen LogP contribution in [0, 0.1) is 17.5 Å². The third kappa shape index (κ3) is 3.61. The molecule has 0 saturated heterocycles. The lowest BCUT2D eigenvalue weighted by atomic mass is 9.99. The standard InChI is InChI=1S/C15H13BrF3N/c16-11-4-5-13(17)10(6-11)8-12(20)7-9-2-1-3-14(18)15(9)19/h1-6,12H,7-8,20H2. The largest absolute Gasteiger partial charge is 0.327 e. The Labute approximate surface area is 123 Å². The second kappa shape index (κ2) is 6.41. The highest BCUT2D eigenvalue weighted by atomic mass is 79.9.